The topological polar surface area (TPSA) is 6.48 Å². The maximum Gasteiger partial charge on any atom is 0.0241 e. The lowest BCUT2D eigenvalue weighted by Crippen LogP contribution is -2.31. The van der Waals surface area contributed by atoms with E-state index >= 15 is 0 Å². The summed E-state index contributed by atoms with van der Waals surface area (Å²) >= 11 is 0. The van der Waals surface area contributed by atoms with Crippen molar-refractivity contribution in [2.45, 2.75) is 135 Å². The van der Waals surface area contributed by atoms with Crippen LogP contribution in [0.4, 0.5) is 0 Å². The third-order valence-electron chi connectivity index (χ3n) is 14.5. The first kappa shape index (κ1) is 54.7. The van der Waals surface area contributed by atoms with Gasteiger partial charge in [0, 0.05) is 38.2 Å². The molecule has 0 N–H and O–H groups in total. The van der Waals surface area contributed by atoms with Gasteiger partial charge in [-0.05, 0) is 210 Å². The Hall–Kier alpha value is -3.04. The smallest absolute Gasteiger partial charge is 0.0241 e. The molecule has 6 aromatic carbocycles. The first-order chi connectivity index (χ1) is 33.6. The van der Waals surface area contributed by atoms with Gasteiger partial charge in [-0.15, -0.1) is 0 Å². The molecule has 1 aliphatic heterocycles. The van der Waals surface area contributed by atoms with Gasteiger partial charge >= 0.3 is 0 Å². The highest BCUT2D eigenvalue weighted by Gasteiger charge is 2.28. The summed E-state index contributed by atoms with van der Waals surface area (Å²) in [5.74, 6) is 0. The van der Waals surface area contributed by atoms with Crippen molar-refractivity contribution >= 4 is 52.9 Å². The molecular formula is C64H86N2P4. The molecule has 6 heteroatoms. The molecule has 7 rings (SSSR count). The predicted octanol–water partition coefficient (Wildman–Crippen LogP) is 16.1. The minimum absolute atomic E-state index is 0.406. The summed E-state index contributed by atoms with van der Waals surface area (Å²) in [5, 5.41) is 6.70. The highest BCUT2D eigenvalue weighted by atomic mass is 31.1. The Morgan fingerprint density at radius 2 is 0.514 bits per heavy atom. The van der Waals surface area contributed by atoms with Crippen LogP contribution in [0.25, 0.3) is 0 Å². The van der Waals surface area contributed by atoms with Gasteiger partial charge in [-0.1, -0.05) is 176 Å². The molecule has 0 aliphatic carbocycles. The Bertz CT molecular complexity index is 2230. The molecule has 0 spiro atoms. The van der Waals surface area contributed by atoms with E-state index in [2.05, 4.69) is 202 Å². The molecule has 0 unspecified atom stereocenters. The van der Waals surface area contributed by atoms with Gasteiger partial charge in [-0.2, -0.15) is 0 Å². The normalized spacial score (nSPS) is 20.1. The molecular weight excluding hydrogens is 921 g/mol. The van der Waals surface area contributed by atoms with Gasteiger partial charge in [-0.25, -0.2) is 0 Å². The molecule has 2 nitrogen and oxygen atoms in total. The molecule has 6 aromatic rings. The lowest BCUT2D eigenvalue weighted by Gasteiger charge is -2.35. The first-order valence-corrected chi connectivity index (χ1v) is 33.3. The van der Waals surface area contributed by atoms with Crippen molar-refractivity contribution in [2.75, 3.05) is 49.8 Å². The molecule has 70 heavy (non-hydrogen) atoms. The highest BCUT2D eigenvalue weighted by Crippen LogP contribution is 2.48. The Morgan fingerprint density at radius 1 is 0.300 bits per heavy atom. The zero-order chi connectivity index (χ0) is 49.9. The summed E-state index contributed by atoms with van der Waals surface area (Å²) < 4.78 is 0. The van der Waals surface area contributed by atoms with Gasteiger partial charge in [0.15, 0.2) is 0 Å². The van der Waals surface area contributed by atoms with E-state index in [0.29, 0.717) is 0 Å². The molecule has 1 aliphatic rings. The zero-order valence-corrected chi connectivity index (χ0v) is 49.0. The number of benzene rings is 6. The van der Waals surface area contributed by atoms with E-state index in [9.17, 15) is 0 Å². The first-order valence-electron chi connectivity index (χ1n) is 26.5. The van der Waals surface area contributed by atoms with Crippen LogP contribution in [0.2, 0.25) is 0 Å². The van der Waals surface area contributed by atoms with Crippen molar-refractivity contribution in [3.05, 3.63) is 187 Å². The minimum atomic E-state index is -0.406. The van der Waals surface area contributed by atoms with Gasteiger partial charge in [0.2, 0.25) is 0 Å². The number of rotatable bonds is 8. The van der Waals surface area contributed by atoms with Crippen LogP contribution in [0.3, 0.4) is 0 Å². The van der Waals surface area contributed by atoms with Crippen LogP contribution >= 0.6 is 31.7 Å². The molecule has 1 heterocycles. The molecule has 0 radical (unpaired) electrons. The Balaban J connectivity index is 1.30. The van der Waals surface area contributed by atoms with Crippen molar-refractivity contribution < 1.29 is 0 Å². The molecule has 0 saturated carbocycles. The van der Waals surface area contributed by atoms with Gasteiger partial charge in [0.05, 0.1) is 0 Å². The fraction of sp³-hybridized carbons (Fsp3) is 0.438. The molecule has 0 bridgehead atoms. The van der Waals surface area contributed by atoms with Crippen LogP contribution in [0, 0.1) is 83.1 Å². The lowest BCUT2D eigenvalue weighted by molar-refractivity contribution is 0.364. The molecule has 372 valence electrons. The molecule has 0 amide bonds. The van der Waals surface area contributed by atoms with Crippen LogP contribution in [-0.2, 0) is 13.1 Å². The SMILES string of the molecule is Cc1cc(C)c([P@]2CCCCC[P@](c3c(C)cc(C)cc3C)CN(Cc3ccccc3)C[P@@](c3c(C)cc(C)cc3C)CCCCC[P@](c3c(C)cc(C)cc3C)CN(Cc3ccccc3)C2)c(C)c1. The van der Waals surface area contributed by atoms with Crippen molar-refractivity contribution in [3.63, 3.8) is 0 Å². The Labute approximate surface area is 431 Å². The van der Waals surface area contributed by atoms with E-state index in [0.717, 1.165) is 13.1 Å². The molecule has 1 fully saturated rings. The summed E-state index contributed by atoms with van der Waals surface area (Å²) in [7, 11) is -1.63. The fourth-order valence-electron chi connectivity index (χ4n) is 12.2. The second kappa shape index (κ2) is 26.3. The van der Waals surface area contributed by atoms with Crippen LogP contribution in [0.15, 0.2) is 109 Å². The lowest BCUT2D eigenvalue weighted by atomic mass is 10.1. The Morgan fingerprint density at radius 3 is 0.729 bits per heavy atom. The largest absolute Gasteiger partial charge is 0.290 e. The minimum Gasteiger partial charge on any atom is -0.290 e. The summed E-state index contributed by atoms with van der Waals surface area (Å²) in [6, 6.07) is 42.7. The second-order valence-corrected chi connectivity index (χ2v) is 30.4. The van der Waals surface area contributed by atoms with Gasteiger partial charge in [-0.3, -0.25) is 9.80 Å². The maximum absolute atomic E-state index is 2.95. The maximum atomic E-state index is 2.95. The van der Waals surface area contributed by atoms with Gasteiger partial charge in [0.25, 0.3) is 0 Å². The Kier molecular flexibility index (Phi) is 20.5. The zero-order valence-electron chi connectivity index (χ0n) is 45.4. The number of hydrogen-bond acceptors (Lipinski definition) is 2. The fourth-order valence-corrected chi connectivity index (χ4v) is 24.2. The van der Waals surface area contributed by atoms with Crippen LogP contribution < -0.4 is 21.2 Å². The van der Waals surface area contributed by atoms with Crippen molar-refractivity contribution in [2.24, 2.45) is 0 Å². The van der Waals surface area contributed by atoms with E-state index < -0.39 is 31.7 Å². The van der Waals surface area contributed by atoms with Crippen molar-refractivity contribution in [3.8, 4) is 0 Å². The van der Waals surface area contributed by atoms with Crippen molar-refractivity contribution in [1.82, 2.24) is 9.80 Å². The van der Waals surface area contributed by atoms with E-state index in [1.54, 1.807) is 21.2 Å². The van der Waals surface area contributed by atoms with Crippen LogP contribution in [0.1, 0.15) is 116 Å². The third-order valence-corrected chi connectivity index (χ3v) is 26.2. The van der Waals surface area contributed by atoms with Crippen LogP contribution in [0.5, 0.6) is 0 Å². The van der Waals surface area contributed by atoms with Crippen molar-refractivity contribution in [1.29, 1.82) is 0 Å². The number of nitrogens with zero attached hydrogens (tertiary/aromatic N) is 2. The average Bonchev–Trinajstić information content (AvgIpc) is 3.27. The number of hydrogen-bond donors (Lipinski definition) is 0. The molecule has 4 atom stereocenters. The van der Waals surface area contributed by atoms with Crippen LogP contribution in [-0.4, -0.2) is 59.6 Å². The molecule has 1 saturated heterocycles. The van der Waals surface area contributed by atoms with E-state index in [-0.39, 0.29) is 0 Å². The predicted molar refractivity (Wildman–Crippen MR) is 319 cm³/mol. The van der Waals surface area contributed by atoms with E-state index in [1.165, 1.54) is 166 Å². The second-order valence-electron chi connectivity index (χ2n) is 21.4. The van der Waals surface area contributed by atoms with E-state index in [4.69, 9.17) is 0 Å². The standard InChI is InChI=1S/C64H86N2P4/c1-47-33-51(5)61(52(6)34-47)67-29-21-15-22-30-69(63-55(9)37-49(3)38-56(63)10)45-66(42-60-27-19-14-20-28-60)46-70(64-57(11)39-50(4)40-58(64)12)32-24-16-23-31-68(62-53(7)35-48(2)36-54(62)8)44-65(43-67)41-59-25-17-13-18-26-59/h13-14,17-20,25-28,33-40H,15-16,21-24,29-32,41-46H2,1-12H3/t67-,68-,69-,70+/m0/s1. The third kappa shape index (κ3) is 15.0. The van der Waals surface area contributed by atoms with Gasteiger partial charge in [0.1, 0.15) is 0 Å². The summed E-state index contributed by atoms with van der Waals surface area (Å²) in [4.78, 5) is 5.91. The van der Waals surface area contributed by atoms with E-state index in [1.807, 2.05) is 0 Å². The quantitative estimate of drug-likeness (QED) is 0.140. The summed E-state index contributed by atoms with van der Waals surface area (Å²) in [5.41, 5.74) is 20.5. The average molecular weight is 1010 g/mol. The molecule has 0 aromatic heterocycles. The highest BCUT2D eigenvalue weighted by molar-refractivity contribution is 7.67. The van der Waals surface area contributed by atoms with Gasteiger partial charge < -0.3 is 0 Å². The summed E-state index contributed by atoms with van der Waals surface area (Å²) in [6.45, 7) is 30.5. The monoisotopic (exact) mass is 1010 g/mol. The number of aryl methyl sites for hydroxylation is 12. The summed E-state index contributed by atoms with van der Waals surface area (Å²) in [6.07, 6.45) is 17.6.